The van der Waals surface area contributed by atoms with Crippen molar-refractivity contribution >= 4 is 41.3 Å². The third-order valence-electron chi connectivity index (χ3n) is 3.33. The second kappa shape index (κ2) is 19.1. The molecule has 0 radical (unpaired) electrons. The van der Waals surface area contributed by atoms with Crippen LogP contribution in [0.4, 0.5) is 0 Å². The van der Waals surface area contributed by atoms with Crippen LogP contribution in [0.1, 0.15) is 77.6 Å². The van der Waals surface area contributed by atoms with Crippen molar-refractivity contribution in [3.8, 4) is 0 Å². The molecule has 0 saturated heterocycles. The number of hydrogen-bond donors (Lipinski definition) is 2. The van der Waals surface area contributed by atoms with E-state index in [0.29, 0.717) is 19.5 Å². The van der Waals surface area contributed by atoms with Crippen molar-refractivity contribution in [2.45, 2.75) is 77.6 Å². The molecule has 0 aromatic carbocycles. The van der Waals surface area contributed by atoms with E-state index in [9.17, 15) is 9.59 Å². The Labute approximate surface area is 157 Å². The van der Waals surface area contributed by atoms with E-state index < -0.39 is 5.97 Å². The Balaban J connectivity index is 0. The van der Waals surface area contributed by atoms with Crippen LogP contribution < -0.4 is 11.2 Å². The van der Waals surface area contributed by atoms with Crippen LogP contribution in [-0.4, -0.2) is 54.4 Å². The molecule has 0 saturated carbocycles. The molecule has 3 N–H and O–H groups in total. The van der Waals surface area contributed by atoms with Crippen LogP contribution in [0.5, 0.6) is 0 Å². The Morgan fingerprint density at radius 1 is 0.955 bits per heavy atom. The summed E-state index contributed by atoms with van der Waals surface area (Å²) in [6.45, 7) is 3.01. The quantitative estimate of drug-likeness (QED) is 0.209. The van der Waals surface area contributed by atoms with Crippen LogP contribution in [-0.2, 0) is 14.4 Å². The molecule has 0 rings (SSSR count). The number of nitrogens with two attached hydrogens (primary N) is 1. The summed E-state index contributed by atoms with van der Waals surface area (Å²) in [5.74, 6) is -0.568. The fourth-order valence-electron chi connectivity index (χ4n) is 2.11. The monoisotopic (exact) mass is 324 g/mol. The fraction of sp³-hybridized carbons (Fsp3) is 0.875. The summed E-state index contributed by atoms with van der Waals surface area (Å²) < 4.78 is 0. The Morgan fingerprint density at radius 3 is 2.05 bits per heavy atom. The van der Waals surface area contributed by atoms with E-state index in [0.717, 1.165) is 12.8 Å². The minimum absolute atomic E-state index is 0. The predicted molar refractivity (Wildman–Crippen MR) is 91.8 cm³/mol. The minimum atomic E-state index is -0.524. The summed E-state index contributed by atoms with van der Waals surface area (Å²) in [5.41, 5.74) is 7.65. The zero-order valence-corrected chi connectivity index (χ0v) is 13.5. The van der Waals surface area contributed by atoms with Crippen molar-refractivity contribution in [3.05, 3.63) is 0 Å². The van der Waals surface area contributed by atoms with Gasteiger partial charge in [-0.3, -0.25) is 4.79 Å². The second-order valence-corrected chi connectivity index (χ2v) is 5.45. The average Bonchev–Trinajstić information content (AvgIpc) is 2.45. The first-order valence-electron chi connectivity index (χ1n) is 8.35. The van der Waals surface area contributed by atoms with Crippen LogP contribution in [0.3, 0.4) is 0 Å². The maximum absolute atomic E-state index is 11.5. The zero-order chi connectivity index (χ0) is 15.8. The summed E-state index contributed by atoms with van der Waals surface area (Å²) in [4.78, 5) is 27.4. The number of carbonyl (C=O) groups excluding carboxylic acids is 2. The number of hydroxylamine groups is 1. The van der Waals surface area contributed by atoms with Crippen molar-refractivity contribution in [2.24, 2.45) is 5.73 Å². The summed E-state index contributed by atoms with van der Waals surface area (Å²) in [6.07, 6.45) is 11.3. The number of unbranched alkanes of at least 4 members (excludes halogenated alkanes) is 8. The molecule has 0 amide bonds. The number of hydrogen-bond acceptors (Lipinski definition) is 5. The Morgan fingerprint density at radius 2 is 1.50 bits per heavy atom. The van der Waals surface area contributed by atoms with Crippen LogP contribution in [0.15, 0.2) is 0 Å². The first-order chi connectivity index (χ1) is 10.2. The third kappa shape index (κ3) is 18.1. The van der Waals surface area contributed by atoms with Crippen LogP contribution >= 0.6 is 0 Å². The average molecular weight is 324 g/mol. The normalized spacial score (nSPS) is 10.1. The molecule has 0 heterocycles. The molecule has 0 aliphatic rings. The molecule has 0 bridgehead atoms. The van der Waals surface area contributed by atoms with E-state index >= 15 is 0 Å². The van der Waals surface area contributed by atoms with Gasteiger partial charge < -0.3 is 10.6 Å². The van der Waals surface area contributed by atoms with E-state index in [1.807, 2.05) is 0 Å². The van der Waals surface area contributed by atoms with Gasteiger partial charge in [0.05, 0.1) is 0 Å². The third-order valence-corrected chi connectivity index (χ3v) is 3.33. The Bertz CT molecular complexity index is 276. The van der Waals surface area contributed by atoms with E-state index in [4.69, 9.17) is 5.73 Å². The van der Waals surface area contributed by atoms with E-state index in [2.05, 4.69) is 17.2 Å². The molecule has 0 fully saturated rings. The number of carbonyl (C=O) groups is 2. The molecule has 5 nitrogen and oxygen atoms in total. The van der Waals surface area contributed by atoms with Crippen molar-refractivity contribution in [3.63, 3.8) is 0 Å². The molecular weight excluding hydrogens is 291 g/mol. The first kappa shape index (κ1) is 24.3. The van der Waals surface area contributed by atoms with Crippen LogP contribution in [0.25, 0.3) is 0 Å². The van der Waals surface area contributed by atoms with Crippen molar-refractivity contribution in [2.75, 3.05) is 13.1 Å². The molecule has 0 unspecified atom stereocenters. The molecule has 0 aromatic heterocycles. The van der Waals surface area contributed by atoms with Gasteiger partial charge in [0.15, 0.2) is 0 Å². The van der Waals surface area contributed by atoms with Crippen molar-refractivity contribution in [1.82, 2.24) is 5.48 Å². The Hall–Kier alpha value is 0.0600. The SMILES string of the molecule is CCCCCCCCCCCC(=O)CC(=O)ONCCN.[NaH]. The van der Waals surface area contributed by atoms with E-state index in [-0.39, 0.29) is 41.8 Å². The summed E-state index contributed by atoms with van der Waals surface area (Å²) >= 11 is 0. The summed E-state index contributed by atoms with van der Waals surface area (Å²) in [6, 6.07) is 0. The maximum atomic E-state index is 11.5. The van der Waals surface area contributed by atoms with E-state index in [1.165, 1.54) is 44.9 Å². The second-order valence-electron chi connectivity index (χ2n) is 5.45. The summed E-state index contributed by atoms with van der Waals surface area (Å²) in [5, 5.41) is 0. The molecule has 0 atom stereocenters. The summed E-state index contributed by atoms with van der Waals surface area (Å²) in [7, 11) is 0. The van der Waals surface area contributed by atoms with E-state index in [1.54, 1.807) is 0 Å². The van der Waals surface area contributed by atoms with Gasteiger partial charge in [-0.05, 0) is 6.42 Å². The molecule has 6 heteroatoms. The number of Topliss-reactive ketones (excluding diaryl/α,β-unsaturated/α-hetero) is 1. The zero-order valence-electron chi connectivity index (χ0n) is 13.5. The topological polar surface area (TPSA) is 81.4 Å². The van der Waals surface area contributed by atoms with Gasteiger partial charge in [-0.15, -0.1) is 0 Å². The molecule has 0 spiro atoms. The number of nitrogens with one attached hydrogen (secondary N) is 1. The van der Waals surface area contributed by atoms with Gasteiger partial charge in [-0.2, -0.15) is 5.48 Å². The number of rotatable bonds is 15. The van der Waals surface area contributed by atoms with Gasteiger partial charge in [-0.25, -0.2) is 4.79 Å². The van der Waals surface area contributed by atoms with Gasteiger partial charge in [0.2, 0.25) is 0 Å². The molecule has 0 aliphatic heterocycles. The molecular formula is C16H33N2NaO3. The van der Waals surface area contributed by atoms with Crippen LogP contribution in [0, 0.1) is 0 Å². The first-order valence-corrected chi connectivity index (χ1v) is 8.35. The van der Waals surface area contributed by atoms with Gasteiger partial charge in [0.1, 0.15) is 12.2 Å². The van der Waals surface area contributed by atoms with Gasteiger partial charge in [-0.1, -0.05) is 58.3 Å². The van der Waals surface area contributed by atoms with Crippen LogP contribution in [0.2, 0.25) is 0 Å². The van der Waals surface area contributed by atoms with Gasteiger partial charge >= 0.3 is 35.5 Å². The number of ketones is 1. The molecule has 22 heavy (non-hydrogen) atoms. The molecule has 126 valence electrons. The fourth-order valence-corrected chi connectivity index (χ4v) is 2.11. The van der Waals surface area contributed by atoms with Crippen molar-refractivity contribution in [1.29, 1.82) is 0 Å². The Kier molecular flexibility index (Phi) is 21.1. The standard InChI is InChI=1S/C16H32N2O3.Na.H/c1-2-3-4-5-6-7-8-9-10-11-15(19)14-16(20)21-18-13-12-17;;/h18H,2-14,17H2,1H3;;. The molecule has 0 aliphatic carbocycles. The predicted octanol–water partition coefficient (Wildman–Crippen LogP) is 2.22. The van der Waals surface area contributed by atoms with Gasteiger partial charge in [0.25, 0.3) is 0 Å². The molecule has 0 aromatic rings. The van der Waals surface area contributed by atoms with Gasteiger partial charge in [0, 0.05) is 19.5 Å². The van der Waals surface area contributed by atoms with Crippen molar-refractivity contribution < 1.29 is 14.4 Å².